The fourth-order valence-corrected chi connectivity index (χ4v) is 5.51. The second kappa shape index (κ2) is 10.2. The molecule has 0 saturated carbocycles. The number of methoxy groups -OCH3 is 1. The lowest BCUT2D eigenvalue weighted by Crippen LogP contribution is -2.48. The van der Waals surface area contributed by atoms with Crippen LogP contribution < -0.4 is 15.5 Å². The maximum absolute atomic E-state index is 13.0. The molecular weight excluding hydrogens is 470 g/mol. The van der Waals surface area contributed by atoms with Crippen LogP contribution >= 0.6 is 0 Å². The number of likely N-dealkylation sites (N-methyl/N-ethyl adjacent to an activating group) is 1. The fourth-order valence-electron chi connectivity index (χ4n) is 5.51. The van der Waals surface area contributed by atoms with Crippen LogP contribution in [0.1, 0.15) is 40.2 Å². The maximum atomic E-state index is 13.0. The smallest absolute Gasteiger partial charge is 0.416 e. The molecule has 2 aromatic carbocycles. The van der Waals surface area contributed by atoms with Crippen LogP contribution in [-0.2, 0) is 11.0 Å². The monoisotopic (exact) mass is 499 g/mol. The van der Waals surface area contributed by atoms with Crippen molar-refractivity contribution >= 4 is 25.1 Å². The molecule has 2 heterocycles. The molecule has 2 fully saturated rings. The van der Waals surface area contributed by atoms with Crippen LogP contribution in [-0.4, -0.2) is 76.3 Å². The molecule has 36 heavy (non-hydrogen) atoms. The van der Waals surface area contributed by atoms with Crippen molar-refractivity contribution in [3.63, 3.8) is 0 Å². The van der Waals surface area contributed by atoms with Crippen molar-refractivity contribution in [3.05, 3.63) is 59.2 Å². The number of carbonyl (C=O) groups is 2. The van der Waals surface area contributed by atoms with E-state index in [4.69, 9.17) is 12.6 Å². The van der Waals surface area contributed by atoms with Crippen molar-refractivity contribution in [3.8, 4) is 5.75 Å². The zero-order valence-corrected chi connectivity index (χ0v) is 20.4. The van der Waals surface area contributed by atoms with Gasteiger partial charge in [0.2, 0.25) is 5.91 Å². The molecule has 4 rings (SSSR count). The van der Waals surface area contributed by atoms with Gasteiger partial charge < -0.3 is 19.9 Å². The lowest BCUT2D eigenvalue weighted by atomic mass is 9.68. The molecule has 1 unspecified atom stereocenters. The summed E-state index contributed by atoms with van der Waals surface area (Å²) in [5.74, 6) is 0.0799. The zero-order valence-electron chi connectivity index (χ0n) is 20.4. The minimum absolute atomic E-state index is 0.0514. The number of benzene rings is 2. The van der Waals surface area contributed by atoms with Gasteiger partial charge in [0.1, 0.15) is 13.6 Å². The van der Waals surface area contributed by atoms with Crippen molar-refractivity contribution in [2.24, 2.45) is 5.41 Å². The predicted octanol–water partition coefficient (Wildman–Crippen LogP) is 2.58. The van der Waals surface area contributed by atoms with Gasteiger partial charge in [0.25, 0.3) is 5.91 Å². The lowest BCUT2D eigenvalue weighted by Gasteiger charge is -2.43. The average Bonchev–Trinajstić information content (AvgIpc) is 3.17. The number of amides is 2. The number of halogens is 3. The van der Waals surface area contributed by atoms with Crippen LogP contribution in [0.5, 0.6) is 5.75 Å². The molecule has 0 aliphatic carbocycles. The van der Waals surface area contributed by atoms with E-state index in [9.17, 15) is 22.8 Å². The van der Waals surface area contributed by atoms with E-state index in [2.05, 4.69) is 29.4 Å². The first-order valence-electron chi connectivity index (χ1n) is 11.9. The maximum Gasteiger partial charge on any atom is 0.416 e. The van der Waals surface area contributed by atoms with Crippen LogP contribution in [0.25, 0.3) is 0 Å². The Morgan fingerprint density at radius 3 is 2.42 bits per heavy atom. The summed E-state index contributed by atoms with van der Waals surface area (Å²) in [5, 5.41) is 2.43. The summed E-state index contributed by atoms with van der Waals surface area (Å²) in [7, 11) is 9.45. The molecule has 2 saturated heterocycles. The summed E-state index contributed by atoms with van der Waals surface area (Å²) in [6.07, 6.45) is -2.94. The van der Waals surface area contributed by atoms with Gasteiger partial charge in [0.05, 0.1) is 19.2 Å². The standard InChI is InChI=1S/C26H29BF3N3O3/c1-32-15-21(17-3-6-19(36-2)7-4-17)25(16-32)9-11-33(12-10-25)23(34)14-31-24(35)20-13-18(26(28,29)30)5-8-22(20)27/h3-8,13,21H,9-12,14-16H2,1-2H3,(H,31,35). The molecule has 0 bridgehead atoms. The number of piperidine rings is 1. The van der Waals surface area contributed by atoms with Crippen molar-refractivity contribution in [2.75, 3.05) is 46.9 Å². The fraction of sp³-hybridized carbons (Fsp3) is 0.462. The Morgan fingerprint density at radius 1 is 1.14 bits per heavy atom. The molecule has 2 radical (unpaired) electrons. The van der Waals surface area contributed by atoms with Gasteiger partial charge in [0.15, 0.2) is 0 Å². The highest BCUT2D eigenvalue weighted by Crippen LogP contribution is 2.49. The van der Waals surface area contributed by atoms with Crippen LogP contribution in [0.4, 0.5) is 13.2 Å². The number of carbonyl (C=O) groups excluding carboxylic acids is 2. The molecule has 190 valence electrons. The number of hydrogen-bond acceptors (Lipinski definition) is 4. The van der Waals surface area contributed by atoms with Crippen LogP contribution in [0.3, 0.4) is 0 Å². The van der Waals surface area contributed by atoms with Crippen molar-refractivity contribution in [1.82, 2.24) is 15.1 Å². The van der Waals surface area contributed by atoms with E-state index in [1.807, 2.05) is 12.1 Å². The highest BCUT2D eigenvalue weighted by molar-refractivity contribution is 6.36. The molecule has 2 aromatic rings. The van der Waals surface area contributed by atoms with Gasteiger partial charge >= 0.3 is 6.18 Å². The normalized spacial score (nSPS) is 19.9. The Kier molecular flexibility index (Phi) is 7.36. The summed E-state index contributed by atoms with van der Waals surface area (Å²) in [5.41, 5.74) is -0.0433. The Labute approximate surface area is 210 Å². The molecule has 1 N–H and O–H groups in total. The first kappa shape index (κ1) is 26.1. The number of nitrogens with one attached hydrogen (secondary N) is 1. The van der Waals surface area contributed by atoms with Gasteiger partial charge in [-0.05, 0) is 49.1 Å². The highest BCUT2D eigenvalue weighted by atomic mass is 19.4. The van der Waals surface area contributed by atoms with E-state index >= 15 is 0 Å². The lowest BCUT2D eigenvalue weighted by molar-refractivity contribution is -0.137. The molecule has 1 spiro atoms. The molecule has 2 aliphatic rings. The summed E-state index contributed by atoms with van der Waals surface area (Å²) < 4.78 is 44.3. The van der Waals surface area contributed by atoms with Gasteiger partial charge in [-0.2, -0.15) is 13.2 Å². The summed E-state index contributed by atoms with van der Waals surface area (Å²) >= 11 is 0. The van der Waals surface area contributed by atoms with E-state index in [0.29, 0.717) is 25.1 Å². The number of alkyl halides is 3. The highest BCUT2D eigenvalue weighted by Gasteiger charge is 2.48. The molecule has 1 atom stereocenters. The first-order chi connectivity index (χ1) is 17.0. The Bertz CT molecular complexity index is 1120. The SMILES string of the molecule is [B]c1ccc(C(F)(F)F)cc1C(=O)NCC(=O)N1CCC2(CC1)CN(C)CC2c1ccc(OC)cc1. The second-order valence-corrected chi connectivity index (χ2v) is 9.75. The van der Waals surface area contributed by atoms with Gasteiger partial charge in [0, 0.05) is 37.7 Å². The molecule has 10 heteroatoms. The van der Waals surface area contributed by atoms with Crippen LogP contribution in [0, 0.1) is 5.41 Å². The minimum atomic E-state index is -4.60. The summed E-state index contributed by atoms with van der Waals surface area (Å²) in [6, 6.07) is 10.7. The quantitative estimate of drug-likeness (QED) is 0.643. The average molecular weight is 499 g/mol. The molecule has 2 aliphatic heterocycles. The minimum Gasteiger partial charge on any atom is -0.497 e. The Morgan fingerprint density at radius 2 is 1.81 bits per heavy atom. The van der Waals surface area contributed by atoms with E-state index in [1.54, 1.807) is 12.0 Å². The van der Waals surface area contributed by atoms with E-state index < -0.39 is 17.6 Å². The number of likely N-dealkylation sites (tertiary alicyclic amines) is 2. The van der Waals surface area contributed by atoms with Gasteiger partial charge in [-0.1, -0.05) is 29.7 Å². The van der Waals surface area contributed by atoms with Gasteiger partial charge in [-0.25, -0.2) is 0 Å². The van der Waals surface area contributed by atoms with Crippen LogP contribution in [0.15, 0.2) is 42.5 Å². The Balaban J connectivity index is 1.36. The van der Waals surface area contributed by atoms with Crippen molar-refractivity contribution in [2.45, 2.75) is 24.9 Å². The summed E-state index contributed by atoms with van der Waals surface area (Å²) in [6.45, 7) is 2.69. The van der Waals surface area contributed by atoms with Gasteiger partial charge in [-0.3, -0.25) is 9.59 Å². The number of ether oxygens (including phenoxy) is 1. The third kappa shape index (κ3) is 5.38. The number of hydrogen-bond donors (Lipinski definition) is 1. The largest absolute Gasteiger partial charge is 0.497 e. The van der Waals surface area contributed by atoms with E-state index in [-0.39, 0.29) is 28.9 Å². The van der Waals surface area contributed by atoms with Crippen LogP contribution in [0.2, 0.25) is 0 Å². The first-order valence-corrected chi connectivity index (χ1v) is 11.9. The third-order valence-corrected chi connectivity index (χ3v) is 7.47. The third-order valence-electron chi connectivity index (χ3n) is 7.47. The summed E-state index contributed by atoms with van der Waals surface area (Å²) in [4.78, 5) is 29.3. The Hall–Kier alpha value is -3.01. The zero-order chi connectivity index (χ0) is 26.1. The van der Waals surface area contributed by atoms with E-state index in [0.717, 1.165) is 43.8 Å². The molecule has 6 nitrogen and oxygen atoms in total. The van der Waals surface area contributed by atoms with E-state index in [1.165, 1.54) is 5.56 Å². The van der Waals surface area contributed by atoms with Crippen molar-refractivity contribution in [1.29, 1.82) is 0 Å². The second-order valence-electron chi connectivity index (χ2n) is 9.75. The topological polar surface area (TPSA) is 61.9 Å². The predicted molar refractivity (Wildman–Crippen MR) is 131 cm³/mol. The number of nitrogens with zero attached hydrogens (tertiary/aromatic N) is 2. The number of rotatable bonds is 5. The molecular formula is C26H29BF3N3O3. The van der Waals surface area contributed by atoms with Gasteiger partial charge in [-0.15, -0.1) is 0 Å². The van der Waals surface area contributed by atoms with Crippen molar-refractivity contribution < 1.29 is 27.5 Å². The molecule has 2 amide bonds. The molecule has 0 aromatic heterocycles.